The molecule has 0 bridgehead atoms. The fraction of sp³-hybridized carbons (Fsp3) is 0.100. The molecule has 2 rings (SSSR count). The monoisotopic (exact) mass is 234 g/mol. The quantitative estimate of drug-likeness (QED) is 0.740. The number of aromatic nitrogens is 4. The molecule has 0 unspecified atom stereocenters. The van der Waals surface area contributed by atoms with Crippen molar-refractivity contribution in [2.45, 2.75) is 6.92 Å². The van der Waals surface area contributed by atoms with Gasteiger partial charge in [0, 0.05) is 11.1 Å². The number of aldehydes is 1. The molecule has 0 fully saturated rings. The van der Waals surface area contributed by atoms with E-state index < -0.39 is 0 Å². The van der Waals surface area contributed by atoms with Crippen molar-refractivity contribution in [1.82, 2.24) is 20.4 Å². The summed E-state index contributed by atoms with van der Waals surface area (Å²) in [6, 6.07) is 4.93. The second-order valence-corrected chi connectivity index (χ2v) is 3.53. The van der Waals surface area contributed by atoms with Gasteiger partial charge < -0.3 is 0 Å². The highest BCUT2D eigenvalue weighted by molar-refractivity contribution is 6.33. The van der Waals surface area contributed by atoms with Gasteiger partial charge in [-0.15, -0.1) is 20.4 Å². The standard InChI is InChI=1S/C10H7ClN4O/c1-6-12-14-10(15-13-6)7-2-3-9(11)8(4-7)5-16/h2-5H,1H3. The molecular weight excluding hydrogens is 228 g/mol. The van der Waals surface area contributed by atoms with Crippen LogP contribution in [-0.4, -0.2) is 26.7 Å². The fourth-order valence-electron chi connectivity index (χ4n) is 1.17. The largest absolute Gasteiger partial charge is 0.298 e. The van der Waals surface area contributed by atoms with Crippen molar-refractivity contribution in [2.75, 3.05) is 0 Å². The molecule has 0 aliphatic heterocycles. The first kappa shape index (κ1) is 10.6. The Bertz CT molecular complexity index is 527. The summed E-state index contributed by atoms with van der Waals surface area (Å²) in [6.07, 6.45) is 0.681. The van der Waals surface area contributed by atoms with E-state index in [4.69, 9.17) is 11.6 Å². The average molecular weight is 235 g/mol. The summed E-state index contributed by atoms with van der Waals surface area (Å²) in [6.45, 7) is 1.70. The Morgan fingerprint density at radius 1 is 1.19 bits per heavy atom. The molecule has 0 N–H and O–H groups in total. The lowest BCUT2D eigenvalue weighted by molar-refractivity contribution is 0.112. The smallest absolute Gasteiger partial charge is 0.203 e. The van der Waals surface area contributed by atoms with Gasteiger partial charge in [-0.2, -0.15) is 0 Å². The number of hydrogen-bond acceptors (Lipinski definition) is 5. The summed E-state index contributed by atoms with van der Waals surface area (Å²) in [5.41, 5.74) is 1.05. The van der Waals surface area contributed by atoms with Crippen LogP contribution in [0, 0.1) is 6.92 Å². The minimum Gasteiger partial charge on any atom is -0.298 e. The molecular formula is C10H7ClN4O. The minimum absolute atomic E-state index is 0.366. The van der Waals surface area contributed by atoms with E-state index in [1.165, 1.54) is 0 Å². The molecule has 0 saturated carbocycles. The molecule has 16 heavy (non-hydrogen) atoms. The maximum atomic E-state index is 10.7. The Kier molecular flexibility index (Phi) is 2.87. The number of benzene rings is 1. The third-order valence-corrected chi connectivity index (χ3v) is 2.30. The molecule has 1 heterocycles. The summed E-state index contributed by atoms with van der Waals surface area (Å²) in [4.78, 5) is 10.7. The molecule has 0 saturated heterocycles. The number of nitrogens with zero attached hydrogens (tertiary/aromatic N) is 4. The van der Waals surface area contributed by atoms with Crippen molar-refractivity contribution in [3.63, 3.8) is 0 Å². The molecule has 5 nitrogen and oxygen atoms in total. The van der Waals surface area contributed by atoms with Crippen LogP contribution in [-0.2, 0) is 0 Å². The normalized spacial score (nSPS) is 10.1. The van der Waals surface area contributed by atoms with Gasteiger partial charge in [-0.3, -0.25) is 4.79 Å². The van der Waals surface area contributed by atoms with Crippen LogP contribution < -0.4 is 0 Å². The van der Waals surface area contributed by atoms with Crippen molar-refractivity contribution in [3.8, 4) is 11.4 Å². The maximum Gasteiger partial charge on any atom is 0.203 e. The third-order valence-electron chi connectivity index (χ3n) is 1.96. The van der Waals surface area contributed by atoms with Gasteiger partial charge in [-0.25, -0.2) is 0 Å². The molecule has 0 atom stereocenters. The van der Waals surface area contributed by atoms with Crippen LogP contribution in [0.25, 0.3) is 11.4 Å². The van der Waals surface area contributed by atoms with Gasteiger partial charge in [0.1, 0.15) is 0 Å². The fourth-order valence-corrected chi connectivity index (χ4v) is 1.33. The van der Waals surface area contributed by atoms with Crippen molar-refractivity contribution >= 4 is 17.9 Å². The lowest BCUT2D eigenvalue weighted by Crippen LogP contribution is -1.99. The van der Waals surface area contributed by atoms with Crippen LogP contribution in [0.5, 0.6) is 0 Å². The number of carbonyl (C=O) groups is 1. The zero-order valence-corrected chi connectivity index (χ0v) is 9.14. The van der Waals surface area contributed by atoms with Gasteiger partial charge in [-0.05, 0) is 25.1 Å². The molecule has 1 aromatic carbocycles. The summed E-state index contributed by atoms with van der Waals surface area (Å²) < 4.78 is 0. The number of aryl methyl sites for hydroxylation is 1. The first-order valence-corrected chi connectivity index (χ1v) is 4.87. The first-order chi connectivity index (χ1) is 7.70. The van der Waals surface area contributed by atoms with E-state index in [-0.39, 0.29) is 0 Å². The summed E-state index contributed by atoms with van der Waals surface area (Å²) in [5, 5.41) is 15.7. The highest BCUT2D eigenvalue weighted by Crippen LogP contribution is 2.20. The minimum atomic E-state index is 0.366. The predicted octanol–water partition coefficient (Wildman–Crippen LogP) is 1.71. The Hall–Kier alpha value is -1.88. The SMILES string of the molecule is Cc1nnc(-c2ccc(Cl)c(C=O)c2)nn1. The number of halogens is 1. The summed E-state index contributed by atoms with van der Waals surface area (Å²) in [5.74, 6) is 0.860. The zero-order chi connectivity index (χ0) is 11.5. The van der Waals surface area contributed by atoms with Gasteiger partial charge in [0.25, 0.3) is 0 Å². The molecule has 0 aliphatic rings. The summed E-state index contributed by atoms with van der Waals surface area (Å²) in [7, 11) is 0. The molecule has 6 heteroatoms. The maximum absolute atomic E-state index is 10.7. The Morgan fingerprint density at radius 3 is 2.50 bits per heavy atom. The Labute approximate surface area is 96.5 Å². The van der Waals surface area contributed by atoms with E-state index in [9.17, 15) is 4.79 Å². The van der Waals surface area contributed by atoms with Crippen LogP contribution in [0.3, 0.4) is 0 Å². The van der Waals surface area contributed by atoms with E-state index >= 15 is 0 Å². The molecule has 0 spiro atoms. The lowest BCUT2D eigenvalue weighted by Gasteiger charge is -2.00. The van der Waals surface area contributed by atoms with Crippen LogP contribution in [0.2, 0.25) is 5.02 Å². The number of hydrogen-bond donors (Lipinski definition) is 0. The molecule has 0 aliphatic carbocycles. The van der Waals surface area contributed by atoms with Crippen LogP contribution in [0.1, 0.15) is 16.2 Å². The molecule has 0 radical (unpaired) electrons. The number of carbonyl (C=O) groups excluding carboxylic acids is 1. The van der Waals surface area contributed by atoms with Gasteiger partial charge in [0.2, 0.25) is 5.82 Å². The molecule has 0 amide bonds. The van der Waals surface area contributed by atoms with Gasteiger partial charge in [-0.1, -0.05) is 11.6 Å². The van der Waals surface area contributed by atoms with E-state index in [1.54, 1.807) is 25.1 Å². The van der Waals surface area contributed by atoms with Crippen molar-refractivity contribution < 1.29 is 4.79 Å². The Balaban J connectivity index is 2.48. The highest BCUT2D eigenvalue weighted by Gasteiger charge is 2.06. The predicted molar refractivity (Wildman–Crippen MR) is 58.2 cm³/mol. The van der Waals surface area contributed by atoms with E-state index in [0.29, 0.717) is 34.1 Å². The van der Waals surface area contributed by atoms with Crippen LogP contribution in [0.4, 0.5) is 0 Å². The molecule has 80 valence electrons. The van der Waals surface area contributed by atoms with Gasteiger partial charge >= 0.3 is 0 Å². The topological polar surface area (TPSA) is 68.6 Å². The third kappa shape index (κ3) is 2.04. The summed E-state index contributed by atoms with van der Waals surface area (Å²) >= 11 is 5.81. The zero-order valence-electron chi connectivity index (χ0n) is 8.38. The van der Waals surface area contributed by atoms with Gasteiger partial charge in [0.15, 0.2) is 12.1 Å². The van der Waals surface area contributed by atoms with Crippen LogP contribution >= 0.6 is 11.6 Å². The van der Waals surface area contributed by atoms with Crippen molar-refractivity contribution in [2.24, 2.45) is 0 Å². The second kappa shape index (κ2) is 4.32. The number of rotatable bonds is 2. The molecule has 2 aromatic rings. The van der Waals surface area contributed by atoms with Crippen molar-refractivity contribution in [1.29, 1.82) is 0 Å². The van der Waals surface area contributed by atoms with E-state index in [1.807, 2.05) is 0 Å². The Morgan fingerprint density at radius 2 is 1.88 bits per heavy atom. The average Bonchev–Trinajstić information content (AvgIpc) is 2.31. The van der Waals surface area contributed by atoms with Gasteiger partial charge in [0.05, 0.1) is 5.02 Å². The van der Waals surface area contributed by atoms with E-state index in [0.717, 1.165) is 0 Å². The molecule has 1 aromatic heterocycles. The second-order valence-electron chi connectivity index (χ2n) is 3.12. The highest BCUT2D eigenvalue weighted by atomic mass is 35.5. The van der Waals surface area contributed by atoms with E-state index in [2.05, 4.69) is 20.4 Å². The lowest BCUT2D eigenvalue weighted by atomic mass is 10.1. The van der Waals surface area contributed by atoms with Crippen LogP contribution in [0.15, 0.2) is 18.2 Å². The van der Waals surface area contributed by atoms with Crippen molar-refractivity contribution in [3.05, 3.63) is 34.6 Å². The first-order valence-electron chi connectivity index (χ1n) is 4.50.